The topological polar surface area (TPSA) is 91.6 Å². The standard InChI is InChI=1S/C27H31ClN6O2.2ClH/c1-15-8-18(28)10-19(23(15)30-11-16-4-6-29-7-5-16)24-20-9-17(13-34(20)32-14-31-24)12-33-25(35)21-22(26(33)36)27(21,2)3;;/h8-10,13-14,16,21-22,29-30H,4-7,11-12H2,1-3H3;2*1H. The minimum Gasteiger partial charge on any atom is -0.384 e. The van der Waals surface area contributed by atoms with Crippen molar-refractivity contribution in [3.63, 3.8) is 0 Å². The van der Waals surface area contributed by atoms with Crippen LogP contribution in [-0.2, 0) is 16.1 Å². The van der Waals surface area contributed by atoms with Gasteiger partial charge in [-0.05, 0) is 73.5 Å². The molecule has 0 bridgehead atoms. The second-order valence-corrected chi connectivity index (χ2v) is 11.5. The van der Waals surface area contributed by atoms with Gasteiger partial charge in [-0.3, -0.25) is 14.5 Å². The van der Waals surface area contributed by atoms with E-state index in [-0.39, 0.29) is 60.4 Å². The van der Waals surface area contributed by atoms with Crippen LogP contribution in [0.2, 0.25) is 5.02 Å². The Morgan fingerprint density at radius 1 is 1.11 bits per heavy atom. The maximum absolute atomic E-state index is 12.8. The molecule has 38 heavy (non-hydrogen) atoms. The molecule has 204 valence electrons. The summed E-state index contributed by atoms with van der Waals surface area (Å²) in [6.07, 6.45) is 5.71. The fourth-order valence-corrected chi connectivity index (χ4v) is 6.39. The van der Waals surface area contributed by atoms with Crippen LogP contribution < -0.4 is 10.6 Å². The van der Waals surface area contributed by atoms with Crippen LogP contribution in [0.5, 0.6) is 0 Å². The van der Waals surface area contributed by atoms with Gasteiger partial charge in [-0.2, -0.15) is 5.10 Å². The third-order valence-electron chi connectivity index (χ3n) is 8.28. The van der Waals surface area contributed by atoms with Crippen molar-refractivity contribution in [3.05, 3.63) is 46.9 Å². The average Bonchev–Trinajstić information content (AvgIpc) is 3.10. The number of amides is 2. The highest BCUT2D eigenvalue weighted by Gasteiger charge is 2.72. The molecule has 8 nitrogen and oxygen atoms in total. The fraction of sp³-hybridized carbons (Fsp3) is 0.481. The molecule has 2 amide bonds. The number of rotatable bonds is 6. The lowest BCUT2D eigenvalue weighted by molar-refractivity contribution is -0.143. The first-order valence-corrected chi connectivity index (χ1v) is 13.1. The van der Waals surface area contributed by atoms with Crippen molar-refractivity contribution in [1.82, 2.24) is 24.8 Å². The van der Waals surface area contributed by atoms with Crippen molar-refractivity contribution in [1.29, 1.82) is 0 Å². The van der Waals surface area contributed by atoms with E-state index in [0.29, 0.717) is 10.9 Å². The summed E-state index contributed by atoms with van der Waals surface area (Å²) in [7, 11) is 0. The monoisotopic (exact) mass is 578 g/mol. The zero-order valence-corrected chi connectivity index (χ0v) is 24.1. The molecule has 0 radical (unpaired) electrons. The number of nitrogens with zero attached hydrogens (tertiary/aromatic N) is 4. The Hall–Kier alpha value is -2.39. The number of aryl methyl sites for hydroxylation is 1. The van der Waals surface area contributed by atoms with Crippen molar-refractivity contribution < 1.29 is 9.59 Å². The van der Waals surface area contributed by atoms with Gasteiger partial charge in [0.2, 0.25) is 11.8 Å². The summed E-state index contributed by atoms with van der Waals surface area (Å²) in [5.41, 5.74) is 5.21. The van der Waals surface area contributed by atoms with Crippen molar-refractivity contribution in [2.24, 2.45) is 23.2 Å². The lowest BCUT2D eigenvalue weighted by Crippen LogP contribution is -2.35. The van der Waals surface area contributed by atoms with E-state index >= 15 is 0 Å². The molecule has 1 aromatic carbocycles. The van der Waals surface area contributed by atoms with E-state index in [1.807, 2.05) is 38.2 Å². The van der Waals surface area contributed by atoms with Crippen molar-refractivity contribution in [3.8, 4) is 11.3 Å². The summed E-state index contributed by atoms with van der Waals surface area (Å²) in [6, 6.07) is 5.88. The number of hydrogen-bond donors (Lipinski definition) is 2. The predicted molar refractivity (Wildman–Crippen MR) is 153 cm³/mol. The SMILES string of the molecule is Cc1cc(Cl)cc(-c2ncnn3cc(CN4C(=O)C5C(C4=O)C5(C)C)cc23)c1NCC1CCNCC1.Cl.Cl. The first kappa shape index (κ1) is 28.6. The maximum atomic E-state index is 12.8. The summed E-state index contributed by atoms with van der Waals surface area (Å²) >= 11 is 6.50. The highest BCUT2D eigenvalue weighted by Crippen LogP contribution is 2.63. The number of anilines is 1. The minimum absolute atomic E-state index is 0. The number of imide groups is 1. The van der Waals surface area contributed by atoms with Gasteiger partial charge in [0.1, 0.15) is 6.33 Å². The van der Waals surface area contributed by atoms with E-state index in [9.17, 15) is 9.59 Å². The Morgan fingerprint density at radius 3 is 2.47 bits per heavy atom. The van der Waals surface area contributed by atoms with Gasteiger partial charge in [0.15, 0.2) is 0 Å². The minimum atomic E-state index is -0.212. The molecule has 11 heteroatoms. The highest BCUT2D eigenvalue weighted by atomic mass is 35.5. The van der Waals surface area contributed by atoms with Crippen LogP contribution in [0, 0.1) is 30.1 Å². The van der Waals surface area contributed by atoms with E-state index in [2.05, 4.69) is 27.6 Å². The van der Waals surface area contributed by atoms with Gasteiger partial charge >= 0.3 is 0 Å². The van der Waals surface area contributed by atoms with Crippen molar-refractivity contribution >= 4 is 59.4 Å². The van der Waals surface area contributed by atoms with E-state index in [1.165, 1.54) is 11.2 Å². The predicted octanol–water partition coefficient (Wildman–Crippen LogP) is 4.75. The van der Waals surface area contributed by atoms with E-state index in [4.69, 9.17) is 11.6 Å². The van der Waals surface area contributed by atoms with Crippen LogP contribution in [0.15, 0.2) is 30.7 Å². The first-order chi connectivity index (χ1) is 17.3. The fourth-order valence-electron chi connectivity index (χ4n) is 6.12. The summed E-state index contributed by atoms with van der Waals surface area (Å²) in [6.45, 7) is 9.29. The van der Waals surface area contributed by atoms with Gasteiger partial charge < -0.3 is 10.6 Å². The maximum Gasteiger partial charge on any atom is 0.233 e. The van der Waals surface area contributed by atoms with Gasteiger partial charge in [0.25, 0.3) is 0 Å². The number of halogens is 3. The van der Waals surface area contributed by atoms with E-state index in [0.717, 1.165) is 66.1 Å². The lowest BCUT2D eigenvalue weighted by atomic mass is 9.97. The van der Waals surface area contributed by atoms with Crippen LogP contribution in [0.4, 0.5) is 5.69 Å². The van der Waals surface area contributed by atoms with E-state index < -0.39 is 0 Å². The average molecular weight is 580 g/mol. The summed E-state index contributed by atoms with van der Waals surface area (Å²) < 4.78 is 1.76. The number of benzene rings is 1. The molecule has 0 spiro atoms. The number of likely N-dealkylation sites (tertiary alicyclic amines) is 1. The number of carbonyl (C=O) groups excluding carboxylic acids is 2. The van der Waals surface area contributed by atoms with Crippen LogP contribution in [0.3, 0.4) is 0 Å². The molecule has 3 aromatic rings. The molecule has 1 saturated carbocycles. The molecule has 2 aromatic heterocycles. The van der Waals surface area contributed by atoms with Crippen LogP contribution >= 0.6 is 36.4 Å². The molecule has 1 aliphatic carbocycles. The van der Waals surface area contributed by atoms with Gasteiger partial charge in [0, 0.05) is 29.0 Å². The zero-order chi connectivity index (χ0) is 25.2. The van der Waals surface area contributed by atoms with Crippen LogP contribution in [0.1, 0.15) is 37.8 Å². The number of carbonyl (C=O) groups is 2. The molecule has 3 aliphatic rings. The Kier molecular flexibility index (Phi) is 8.01. The molecule has 2 aliphatic heterocycles. The smallest absolute Gasteiger partial charge is 0.233 e. The number of hydrogen-bond acceptors (Lipinski definition) is 6. The molecule has 2 atom stereocenters. The Morgan fingerprint density at radius 2 is 1.79 bits per heavy atom. The Balaban J connectivity index is 0.00000168. The number of nitrogens with one attached hydrogen (secondary N) is 2. The third-order valence-corrected chi connectivity index (χ3v) is 8.49. The quantitative estimate of drug-likeness (QED) is 0.410. The van der Waals surface area contributed by atoms with Crippen molar-refractivity contribution in [2.45, 2.75) is 40.2 Å². The Bertz CT molecular complexity index is 1360. The first-order valence-electron chi connectivity index (χ1n) is 12.7. The molecular formula is C27H33Cl3N6O2. The van der Waals surface area contributed by atoms with Gasteiger partial charge in [-0.1, -0.05) is 25.4 Å². The molecule has 6 rings (SSSR count). The summed E-state index contributed by atoms with van der Waals surface area (Å²) in [5.74, 6) is 0.130. The van der Waals surface area contributed by atoms with Gasteiger partial charge in [-0.15, -0.1) is 24.8 Å². The Labute approximate surface area is 239 Å². The number of aromatic nitrogens is 3. The largest absolute Gasteiger partial charge is 0.384 e. The molecule has 2 unspecified atom stereocenters. The molecule has 3 fully saturated rings. The van der Waals surface area contributed by atoms with Gasteiger partial charge in [0.05, 0.1) is 29.6 Å². The third kappa shape index (κ3) is 4.76. The molecular weight excluding hydrogens is 547 g/mol. The van der Waals surface area contributed by atoms with Gasteiger partial charge in [-0.25, -0.2) is 9.50 Å². The molecule has 4 heterocycles. The highest BCUT2D eigenvalue weighted by molar-refractivity contribution is 6.31. The second kappa shape index (κ2) is 10.6. The van der Waals surface area contributed by atoms with Crippen LogP contribution in [0.25, 0.3) is 16.8 Å². The summed E-state index contributed by atoms with van der Waals surface area (Å²) in [5, 5.41) is 12.1. The second-order valence-electron chi connectivity index (χ2n) is 11.0. The lowest BCUT2D eigenvalue weighted by Gasteiger charge is -2.24. The molecule has 2 saturated heterocycles. The number of fused-ring (bicyclic) bond motifs is 2. The van der Waals surface area contributed by atoms with Crippen molar-refractivity contribution in [2.75, 3.05) is 25.0 Å². The zero-order valence-electron chi connectivity index (χ0n) is 21.7. The molecule has 2 N–H and O–H groups in total. The van der Waals surface area contributed by atoms with Crippen LogP contribution in [-0.4, -0.2) is 50.9 Å². The van der Waals surface area contributed by atoms with E-state index in [1.54, 1.807) is 4.52 Å². The summed E-state index contributed by atoms with van der Waals surface area (Å²) in [4.78, 5) is 31.7. The number of piperidine rings is 2. The normalized spacial score (nSPS) is 22.2.